The maximum Gasteiger partial charge on any atom is 0.221 e. The number of likely N-dealkylation sites (N-methyl/N-ethyl adjacent to an activating group) is 1. The van der Waals surface area contributed by atoms with Gasteiger partial charge in [0.25, 0.3) is 0 Å². The van der Waals surface area contributed by atoms with Crippen LogP contribution in [0.15, 0.2) is 0 Å². The summed E-state index contributed by atoms with van der Waals surface area (Å²) in [4.78, 5) is 84.3. The van der Waals surface area contributed by atoms with Gasteiger partial charge in [-0.15, -0.1) is 0 Å². The molecular formula is C55H111N9O5. The summed E-state index contributed by atoms with van der Waals surface area (Å²) in [5.41, 5.74) is 0. The maximum atomic E-state index is 13.1. The number of ketones is 4. The average Bonchev–Trinajstić information content (AvgIpc) is 3.35. The molecule has 0 saturated heterocycles. The zero-order chi connectivity index (χ0) is 51.5. The molecule has 0 fully saturated rings. The quantitative estimate of drug-likeness (QED) is 0.0685. The SMILES string of the molecule is CCN(CC)CCCC(=O)CCN(CCCN(CCCN(CCC(=O)CCCN(CC)CC)CCC(=O)CCCN(CC)CC)CCC(=O)NCCN(CC)CC)CCC(=O)CCCN(CC)CC. The van der Waals surface area contributed by atoms with E-state index >= 15 is 0 Å². The van der Waals surface area contributed by atoms with Crippen molar-refractivity contribution in [1.82, 2.24) is 44.5 Å². The molecule has 69 heavy (non-hydrogen) atoms. The largest absolute Gasteiger partial charge is 0.355 e. The Morgan fingerprint density at radius 2 is 0.464 bits per heavy atom. The lowest BCUT2D eigenvalue weighted by Gasteiger charge is -2.27. The van der Waals surface area contributed by atoms with Crippen LogP contribution in [0, 0.1) is 0 Å². The Morgan fingerprint density at radius 1 is 0.246 bits per heavy atom. The average molecular weight is 979 g/mol. The summed E-state index contributed by atoms with van der Waals surface area (Å²) in [6.07, 6.45) is 10.0. The Morgan fingerprint density at radius 3 is 0.725 bits per heavy atom. The molecule has 0 spiro atoms. The Bertz CT molecular complexity index is 1130. The van der Waals surface area contributed by atoms with E-state index in [1.165, 1.54) is 0 Å². The summed E-state index contributed by atoms with van der Waals surface area (Å²) < 4.78 is 0. The smallest absolute Gasteiger partial charge is 0.221 e. The minimum atomic E-state index is 0.0634. The van der Waals surface area contributed by atoms with Gasteiger partial charge in [-0.05, 0) is 156 Å². The number of nitrogens with one attached hydrogen (secondary N) is 1. The van der Waals surface area contributed by atoms with E-state index in [-0.39, 0.29) is 5.91 Å². The molecule has 0 aromatic rings. The molecule has 406 valence electrons. The Hall–Kier alpha value is -2.17. The molecule has 0 aliphatic carbocycles. The molecule has 14 heteroatoms. The highest BCUT2D eigenvalue weighted by Gasteiger charge is 2.17. The normalized spacial score (nSPS) is 12.1. The highest BCUT2D eigenvalue weighted by molar-refractivity contribution is 5.80. The molecule has 1 amide bonds. The summed E-state index contributed by atoms with van der Waals surface area (Å²) in [7, 11) is 0. The molecule has 1 N–H and O–H groups in total. The molecule has 14 nitrogen and oxygen atoms in total. The zero-order valence-corrected chi connectivity index (χ0v) is 46.9. The van der Waals surface area contributed by atoms with Gasteiger partial charge in [0.1, 0.15) is 23.1 Å². The van der Waals surface area contributed by atoms with E-state index < -0.39 is 0 Å². The maximum absolute atomic E-state index is 13.1. The minimum absolute atomic E-state index is 0.0634. The number of carbonyl (C=O) groups is 5. The van der Waals surface area contributed by atoms with Crippen molar-refractivity contribution < 1.29 is 24.0 Å². The molecule has 0 saturated carbocycles. The minimum Gasteiger partial charge on any atom is -0.355 e. The van der Waals surface area contributed by atoms with E-state index in [0.717, 1.165) is 163 Å². The predicted octanol–water partition coefficient (Wildman–Crippen LogP) is 6.85. The fourth-order valence-corrected chi connectivity index (χ4v) is 9.07. The van der Waals surface area contributed by atoms with Crippen molar-refractivity contribution in [3.05, 3.63) is 0 Å². The summed E-state index contributed by atoms with van der Waals surface area (Å²) in [5, 5.41) is 3.14. The first-order chi connectivity index (χ1) is 33.3. The molecule has 0 aliphatic rings. The second-order valence-corrected chi connectivity index (χ2v) is 19.0. The number of rotatable bonds is 52. The third kappa shape index (κ3) is 37.3. The summed E-state index contributed by atoms with van der Waals surface area (Å²) in [6, 6.07) is 0. The molecule has 0 atom stereocenters. The van der Waals surface area contributed by atoms with E-state index in [2.05, 4.69) is 114 Å². The summed E-state index contributed by atoms with van der Waals surface area (Å²) >= 11 is 0. The van der Waals surface area contributed by atoms with Crippen LogP contribution in [0.4, 0.5) is 0 Å². The van der Waals surface area contributed by atoms with Crippen LogP contribution in [-0.2, 0) is 24.0 Å². The van der Waals surface area contributed by atoms with Crippen molar-refractivity contribution in [2.75, 3.05) is 164 Å². The van der Waals surface area contributed by atoms with Crippen LogP contribution in [0.25, 0.3) is 0 Å². The number of hydrogen-bond acceptors (Lipinski definition) is 13. The summed E-state index contributed by atoms with van der Waals surface area (Å²) in [5.74, 6) is 1.22. The van der Waals surface area contributed by atoms with Crippen molar-refractivity contribution in [3.8, 4) is 0 Å². The van der Waals surface area contributed by atoms with Crippen LogP contribution in [0.2, 0.25) is 0 Å². The monoisotopic (exact) mass is 978 g/mol. The van der Waals surface area contributed by atoms with Crippen molar-refractivity contribution in [1.29, 1.82) is 0 Å². The van der Waals surface area contributed by atoms with Gasteiger partial charge >= 0.3 is 0 Å². The van der Waals surface area contributed by atoms with Gasteiger partial charge in [0.15, 0.2) is 0 Å². The standard InChI is InChI=1S/C55H111N9O5/c1-11-57(12-2)37-21-27-51(65)31-45-63(46-32-52(66)28-22-38-58(13-3)14-4)43-25-41-62(49-35-55(69)56-36-50-61(19-9)20-10)42-26-44-64(47-33-53(67)29-23-39-59(15-5)16-6)48-34-54(68)30-24-40-60(17-7)18-8/h11-50H2,1-10H3,(H,56,69). The zero-order valence-electron chi connectivity index (χ0n) is 46.9. The van der Waals surface area contributed by atoms with Gasteiger partial charge < -0.3 is 44.5 Å². The first-order valence-electron chi connectivity index (χ1n) is 28.5. The van der Waals surface area contributed by atoms with E-state index in [1.54, 1.807) is 0 Å². The van der Waals surface area contributed by atoms with E-state index in [9.17, 15) is 24.0 Å². The van der Waals surface area contributed by atoms with Crippen LogP contribution in [0.5, 0.6) is 0 Å². The predicted molar refractivity (Wildman–Crippen MR) is 291 cm³/mol. The van der Waals surface area contributed by atoms with Gasteiger partial charge in [0.05, 0.1) is 0 Å². The number of nitrogens with zero attached hydrogens (tertiary/aromatic N) is 8. The van der Waals surface area contributed by atoms with Gasteiger partial charge in [-0.2, -0.15) is 0 Å². The van der Waals surface area contributed by atoms with Gasteiger partial charge in [-0.1, -0.05) is 69.2 Å². The van der Waals surface area contributed by atoms with Gasteiger partial charge in [-0.3, -0.25) is 24.0 Å². The highest BCUT2D eigenvalue weighted by atomic mass is 16.2. The van der Waals surface area contributed by atoms with Gasteiger partial charge in [0, 0.05) is 104 Å². The van der Waals surface area contributed by atoms with E-state index in [4.69, 9.17) is 0 Å². The second kappa shape index (κ2) is 45.7. The number of Topliss-reactive ketones (excluding diaryl/α,β-unsaturated/α-hetero) is 4. The molecule has 0 rings (SSSR count). The molecule has 0 bridgehead atoms. The third-order valence-electron chi connectivity index (χ3n) is 14.3. The molecule has 0 aromatic heterocycles. The fourth-order valence-electron chi connectivity index (χ4n) is 9.07. The summed E-state index contributed by atoms with van der Waals surface area (Å²) in [6.45, 7) is 43.1. The molecule has 0 unspecified atom stereocenters. The van der Waals surface area contributed by atoms with E-state index in [1.807, 2.05) is 0 Å². The molecule has 0 heterocycles. The van der Waals surface area contributed by atoms with Crippen molar-refractivity contribution in [3.63, 3.8) is 0 Å². The molecule has 0 aromatic carbocycles. The number of carbonyl (C=O) groups excluding carboxylic acids is 5. The van der Waals surface area contributed by atoms with Crippen LogP contribution in [0.3, 0.4) is 0 Å². The number of amides is 1. The molecule has 0 aliphatic heterocycles. The highest BCUT2D eigenvalue weighted by Crippen LogP contribution is 2.09. The second-order valence-electron chi connectivity index (χ2n) is 19.0. The first-order valence-corrected chi connectivity index (χ1v) is 28.5. The fraction of sp³-hybridized carbons (Fsp3) is 0.909. The van der Waals surface area contributed by atoms with Crippen LogP contribution < -0.4 is 5.32 Å². The first kappa shape index (κ1) is 66.8. The van der Waals surface area contributed by atoms with Crippen molar-refractivity contribution >= 4 is 29.0 Å². The van der Waals surface area contributed by atoms with Crippen molar-refractivity contribution in [2.45, 2.75) is 166 Å². The van der Waals surface area contributed by atoms with E-state index in [0.29, 0.717) is 120 Å². The lowest BCUT2D eigenvalue weighted by molar-refractivity contribution is -0.122. The third-order valence-corrected chi connectivity index (χ3v) is 14.3. The Kier molecular flexibility index (Phi) is 44.2. The Balaban J connectivity index is 5.93. The van der Waals surface area contributed by atoms with Crippen LogP contribution in [0.1, 0.15) is 166 Å². The molecular weight excluding hydrogens is 867 g/mol. The topological polar surface area (TPSA) is 123 Å². The van der Waals surface area contributed by atoms with Crippen LogP contribution >= 0.6 is 0 Å². The molecule has 0 radical (unpaired) electrons. The van der Waals surface area contributed by atoms with Crippen LogP contribution in [-0.4, -0.2) is 232 Å². The van der Waals surface area contributed by atoms with Gasteiger partial charge in [-0.25, -0.2) is 0 Å². The number of hydrogen-bond donors (Lipinski definition) is 1. The van der Waals surface area contributed by atoms with Crippen molar-refractivity contribution in [2.24, 2.45) is 0 Å². The Labute approximate surface area is 425 Å². The van der Waals surface area contributed by atoms with Gasteiger partial charge in [0.2, 0.25) is 5.91 Å². The lowest BCUT2D eigenvalue weighted by atomic mass is 10.1. The lowest BCUT2D eigenvalue weighted by Crippen LogP contribution is -2.38.